The molecule has 4 nitrogen and oxygen atoms in total. The molecule has 0 aromatic heterocycles. The second-order valence-electron chi connectivity index (χ2n) is 5.19. The summed E-state index contributed by atoms with van der Waals surface area (Å²) in [6.45, 7) is 13.1. The standard InChI is InChI=1S/C15H33N3O/c1-5-7-12-19-13-8-10-17-15(16-6-2)18-11-9-14(3)4/h14H,5-13H2,1-4H3,(H2,16,17,18). The van der Waals surface area contributed by atoms with Crippen molar-refractivity contribution >= 4 is 5.96 Å². The molecule has 0 saturated heterocycles. The highest BCUT2D eigenvalue weighted by molar-refractivity contribution is 5.79. The van der Waals surface area contributed by atoms with E-state index < -0.39 is 0 Å². The molecule has 2 N–H and O–H groups in total. The van der Waals surface area contributed by atoms with Gasteiger partial charge in [-0.3, -0.25) is 4.99 Å². The second kappa shape index (κ2) is 13.7. The molecule has 0 aliphatic heterocycles. The maximum atomic E-state index is 5.52. The summed E-state index contributed by atoms with van der Waals surface area (Å²) in [4.78, 5) is 4.54. The number of nitrogens with one attached hydrogen (secondary N) is 2. The molecule has 0 bridgehead atoms. The minimum absolute atomic E-state index is 0.724. The monoisotopic (exact) mass is 271 g/mol. The van der Waals surface area contributed by atoms with Gasteiger partial charge in [-0.25, -0.2) is 0 Å². The zero-order chi connectivity index (χ0) is 14.3. The van der Waals surface area contributed by atoms with Gasteiger partial charge in [0.1, 0.15) is 0 Å². The molecule has 0 saturated carbocycles. The molecule has 0 aliphatic carbocycles. The molecule has 0 rings (SSSR count). The predicted octanol–water partition coefficient (Wildman–Crippen LogP) is 2.79. The van der Waals surface area contributed by atoms with E-state index in [0.717, 1.165) is 57.6 Å². The van der Waals surface area contributed by atoms with Crippen LogP contribution in [-0.2, 0) is 4.74 Å². The van der Waals surface area contributed by atoms with E-state index in [4.69, 9.17) is 4.74 Å². The van der Waals surface area contributed by atoms with Crippen LogP contribution in [0.1, 0.15) is 53.4 Å². The smallest absolute Gasteiger partial charge is 0.191 e. The average molecular weight is 271 g/mol. The quantitative estimate of drug-likeness (QED) is 0.345. The summed E-state index contributed by atoms with van der Waals surface area (Å²) in [5.74, 6) is 1.65. The Morgan fingerprint density at radius 3 is 2.47 bits per heavy atom. The summed E-state index contributed by atoms with van der Waals surface area (Å²) >= 11 is 0. The van der Waals surface area contributed by atoms with Crippen LogP contribution in [-0.4, -0.2) is 38.8 Å². The second-order valence-corrected chi connectivity index (χ2v) is 5.19. The average Bonchev–Trinajstić information content (AvgIpc) is 2.37. The fourth-order valence-electron chi connectivity index (χ4n) is 1.53. The lowest BCUT2D eigenvalue weighted by atomic mass is 10.1. The highest BCUT2D eigenvalue weighted by Crippen LogP contribution is 1.96. The third-order valence-electron chi connectivity index (χ3n) is 2.72. The SMILES string of the molecule is CCCCOCCCN=C(NCC)NCCC(C)C. The van der Waals surface area contributed by atoms with Crippen LogP contribution in [0.2, 0.25) is 0 Å². The van der Waals surface area contributed by atoms with Crippen molar-refractivity contribution in [1.29, 1.82) is 0 Å². The normalized spacial score (nSPS) is 11.9. The maximum absolute atomic E-state index is 5.52. The number of hydrogen-bond acceptors (Lipinski definition) is 2. The summed E-state index contributed by atoms with van der Waals surface area (Å²) in [5, 5.41) is 6.63. The first kappa shape index (κ1) is 18.2. The Morgan fingerprint density at radius 1 is 1.11 bits per heavy atom. The first-order valence-electron chi connectivity index (χ1n) is 7.80. The van der Waals surface area contributed by atoms with Gasteiger partial charge in [-0.1, -0.05) is 27.2 Å². The van der Waals surface area contributed by atoms with Crippen LogP contribution in [0.25, 0.3) is 0 Å². The number of hydrogen-bond donors (Lipinski definition) is 2. The van der Waals surface area contributed by atoms with Gasteiger partial charge in [0, 0.05) is 32.8 Å². The van der Waals surface area contributed by atoms with Crippen LogP contribution in [0.4, 0.5) is 0 Å². The van der Waals surface area contributed by atoms with E-state index in [2.05, 4.69) is 43.3 Å². The van der Waals surface area contributed by atoms with E-state index in [1.54, 1.807) is 0 Å². The van der Waals surface area contributed by atoms with Crippen molar-refractivity contribution < 1.29 is 4.74 Å². The number of rotatable bonds is 11. The van der Waals surface area contributed by atoms with Crippen LogP contribution in [0, 0.1) is 5.92 Å². The van der Waals surface area contributed by atoms with Gasteiger partial charge < -0.3 is 15.4 Å². The van der Waals surface area contributed by atoms with Crippen molar-refractivity contribution in [2.45, 2.75) is 53.4 Å². The number of aliphatic imine (C=N–C) groups is 1. The van der Waals surface area contributed by atoms with Crippen molar-refractivity contribution in [2.75, 3.05) is 32.8 Å². The van der Waals surface area contributed by atoms with Crippen LogP contribution < -0.4 is 10.6 Å². The van der Waals surface area contributed by atoms with E-state index in [1.165, 1.54) is 12.8 Å². The van der Waals surface area contributed by atoms with Crippen molar-refractivity contribution in [3.05, 3.63) is 0 Å². The molecule has 0 aromatic rings. The highest BCUT2D eigenvalue weighted by Gasteiger charge is 1.98. The Balaban J connectivity index is 3.67. The number of unbranched alkanes of at least 4 members (excludes halogenated alkanes) is 1. The lowest BCUT2D eigenvalue weighted by molar-refractivity contribution is 0.130. The van der Waals surface area contributed by atoms with Gasteiger partial charge in [0.2, 0.25) is 0 Å². The van der Waals surface area contributed by atoms with Crippen LogP contribution in [0.3, 0.4) is 0 Å². The molecule has 19 heavy (non-hydrogen) atoms. The molecule has 0 aromatic carbocycles. The largest absolute Gasteiger partial charge is 0.381 e. The van der Waals surface area contributed by atoms with E-state index in [9.17, 15) is 0 Å². The maximum Gasteiger partial charge on any atom is 0.191 e. The molecule has 0 aliphatic rings. The Labute approximate surface area is 119 Å². The summed E-state index contributed by atoms with van der Waals surface area (Å²) in [7, 11) is 0. The van der Waals surface area contributed by atoms with Crippen LogP contribution >= 0.6 is 0 Å². The molecule has 0 unspecified atom stereocenters. The molecular formula is C15H33N3O. The molecule has 0 amide bonds. The first-order valence-corrected chi connectivity index (χ1v) is 7.80. The first-order chi connectivity index (χ1) is 9.20. The van der Waals surface area contributed by atoms with E-state index in [0.29, 0.717) is 0 Å². The Morgan fingerprint density at radius 2 is 1.84 bits per heavy atom. The van der Waals surface area contributed by atoms with Crippen LogP contribution in [0.15, 0.2) is 4.99 Å². The molecule has 0 fully saturated rings. The van der Waals surface area contributed by atoms with Gasteiger partial charge in [-0.05, 0) is 32.1 Å². The fraction of sp³-hybridized carbons (Fsp3) is 0.933. The van der Waals surface area contributed by atoms with Gasteiger partial charge in [0.05, 0.1) is 0 Å². The van der Waals surface area contributed by atoms with E-state index in [1.807, 2.05) is 0 Å². The van der Waals surface area contributed by atoms with Gasteiger partial charge >= 0.3 is 0 Å². The highest BCUT2D eigenvalue weighted by atomic mass is 16.5. The molecule has 0 heterocycles. The predicted molar refractivity (Wildman–Crippen MR) is 83.8 cm³/mol. The lowest BCUT2D eigenvalue weighted by Gasteiger charge is -2.12. The third kappa shape index (κ3) is 13.5. The zero-order valence-corrected chi connectivity index (χ0v) is 13.3. The van der Waals surface area contributed by atoms with E-state index >= 15 is 0 Å². The molecule has 0 spiro atoms. The van der Waals surface area contributed by atoms with Gasteiger partial charge in [0.25, 0.3) is 0 Å². The van der Waals surface area contributed by atoms with Gasteiger partial charge in [-0.15, -0.1) is 0 Å². The number of ether oxygens (including phenoxy) is 1. The minimum Gasteiger partial charge on any atom is -0.381 e. The van der Waals surface area contributed by atoms with Crippen LogP contribution in [0.5, 0.6) is 0 Å². The molecule has 0 radical (unpaired) electrons. The topological polar surface area (TPSA) is 45.6 Å². The van der Waals surface area contributed by atoms with Gasteiger partial charge in [-0.2, -0.15) is 0 Å². The zero-order valence-electron chi connectivity index (χ0n) is 13.3. The van der Waals surface area contributed by atoms with Crippen molar-refractivity contribution in [3.63, 3.8) is 0 Å². The fourth-order valence-corrected chi connectivity index (χ4v) is 1.53. The molecular weight excluding hydrogens is 238 g/mol. The third-order valence-corrected chi connectivity index (χ3v) is 2.72. The Hall–Kier alpha value is -0.770. The van der Waals surface area contributed by atoms with Crippen molar-refractivity contribution in [3.8, 4) is 0 Å². The lowest BCUT2D eigenvalue weighted by Crippen LogP contribution is -2.38. The van der Waals surface area contributed by atoms with E-state index in [-0.39, 0.29) is 0 Å². The summed E-state index contributed by atoms with van der Waals surface area (Å²) in [6, 6.07) is 0. The van der Waals surface area contributed by atoms with Crippen molar-refractivity contribution in [1.82, 2.24) is 10.6 Å². The Bertz CT molecular complexity index is 217. The molecule has 0 atom stereocenters. The molecule has 4 heteroatoms. The number of nitrogens with zero attached hydrogens (tertiary/aromatic N) is 1. The van der Waals surface area contributed by atoms with Gasteiger partial charge in [0.15, 0.2) is 5.96 Å². The number of guanidine groups is 1. The molecule has 114 valence electrons. The van der Waals surface area contributed by atoms with Crippen molar-refractivity contribution in [2.24, 2.45) is 10.9 Å². The minimum atomic E-state index is 0.724. The summed E-state index contributed by atoms with van der Waals surface area (Å²) in [5.41, 5.74) is 0. The summed E-state index contributed by atoms with van der Waals surface area (Å²) in [6.07, 6.45) is 4.51. The summed E-state index contributed by atoms with van der Waals surface area (Å²) < 4.78 is 5.52. The Kier molecular flexibility index (Phi) is 13.1.